The van der Waals surface area contributed by atoms with Crippen LogP contribution >= 0.6 is 0 Å². The molecule has 1 aliphatic heterocycles. The highest BCUT2D eigenvalue weighted by atomic mass is 16.5. The van der Waals surface area contributed by atoms with Crippen LogP contribution in [-0.4, -0.2) is 24.4 Å². The number of amides is 2. The van der Waals surface area contributed by atoms with Crippen LogP contribution in [0.5, 0.6) is 5.75 Å². The maximum Gasteiger partial charge on any atom is 0.227 e. The molecule has 5 nitrogen and oxygen atoms in total. The van der Waals surface area contributed by atoms with Crippen LogP contribution in [0.3, 0.4) is 0 Å². The van der Waals surface area contributed by atoms with Crippen molar-refractivity contribution in [3.63, 3.8) is 0 Å². The van der Waals surface area contributed by atoms with Crippen LogP contribution in [0, 0.1) is 5.92 Å². The SMILES string of the molecule is O=C(NC1CCCCC1)C1CC(=O)N(c2ccc(OCc3ccccc3)cc2)C1. The molecule has 0 bridgehead atoms. The largest absolute Gasteiger partial charge is 0.489 e. The van der Waals surface area contributed by atoms with Crippen molar-refractivity contribution in [2.24, 2.45) is 5.92 Å². The first-order valence-electron chi connectivity index (χ1n) is 10.6. The van der Waals surface area contributed by atoms with Crippen LogP contribution in [0.25, 0.3) is 0 Å². The van der Waals surface area contributed by atoms with Crippen LogP contribution in [0.4, 0.5) is 5.69 Å². The zero-order chi connectivity index (χ0) is 20.1. The third kappa shape index (κ3) is 4.97. The van der Waals surface area contributed by atoms with E-state index in [9.17, 15) is 9.59 Å². The predicted molar refractivity (Wildman–Crippen MR) is 113 cm³/mol. The van der Waals surface area contributed by atoms with E-state index >= 15 is 0 Å². The molecule has 1 unspecified atom stereocenters. The van der Waals surface area contributed by atoms with E-state index in [1.807, 2.05) is 54.6 Å². The molecule has 2 amide bonds. The molecule has 2 aromatic rings. The first kappa shape index (κ1) is 19.5. The maximum absolute atomic E-state index is 12.6. The minimum absolute atomic E-state index is 0.00625. The Bertz CT molecular complexity index is 829. The summed E-state index contributed by atoms with van der Waals surface area (Å²) in [4.78, 5) is 26.8. The highest BCUT2D eigenvalue weighted by molar-refractivity contribution is 6.00. The van der Waals surface area contributed by atoms with Crippen molar-refractivity contribution >= 4 is 17.5 Å². The number of nitrogens with one attached hydrogen (secondary N) is 1. The van der Waals surface area contributed by atoms with E-state index in [0.29, 0.717) is 13.2 Å². The number of nitrogens with zero attached hydrogens (tertiary/aromatic N) is 1. The second-order valence-corrected chi connectivity index (χ2v) is 8.02. The zero-order valence-electron chi connectivity index (χ0n) is 16.7. The normalized spacial score (nSPS) is 19.9. The fourth-order valence-corrected chi connectivity index (χ4v) is 4.16. The third-order valence-electron chi connectivity index (χ3n) is 5.84. The molecule has 0 spiro atoms. The summed E-state index contributed by atoms with van der Waals surface area (Å²) in [5, 5.41) is 3.16. The molecule has 152 valence electrons. The van der Waals surface area contributed by atoms with Crippen molar-refractivity contribution < 1.29 is 14.3 Å². The van der Waals surface area contributed by atoms with E-state index in [4.69, 9.17) is 4.74 Å². The van der Waals surface area contributed by atoms with Crippen LogP contribution in [0.2, 0.25) is 0 Å². The van der Waals surface area contributed by atoms with Gasteiger partial charge in [-0.3, -0.25) is 9.59 Å². The standard InChI is InChI=1S/C24H28N2O3/c27-23-15-19(24(28)25-20-9-5-2-6-10-20)16-26(23)21-11-13-22(14-12-21)29-17-18-7-3-1-4-8-18/h1,3-4,7-8,11-14,19-20H,2,5-6,9-10,15-17H2,(H,25,28). The summed E-state index contributed by atoms with van der Waals surface area (Å²) >= 11 is 0. The second-order valence-electron chi connectivity index (χ2n) is 8.02. The smallest absolute Gasteiger partial charge is 0.227 e. The monoisotopic (exact) mass is 392 g/mol. The number of benzene rings is 2. The first-order valence-corrected chi connectivity index (χ1v) is 10.6. The number of rotatable bonds is 6. The van der Waals surface area contributed by atoms with E-state index in [1.165, 1.54) is 19.3 Å². The summed E-state index contributed by atoms with van der Waals surface area (Å²) in [5.74, 6) is 0.525. The van der Waals surface area contributed by atoms with Crippen LogP contribution in [0.1, 0.15) is 44.1 Å². The minimum atomic E-state index is -0.265. The van der Waals surface area contributed by atoms with Gasteiger partial charge in [-0.15, -0.1) is 0 Å². The maximum atomic E-state index is 12.6. The van der Waals surface area contributed by atoms with Crippen molar-refractivity contribution in [3.8, 4) is 5.75 Å². The number of hydrogen-bond donors (Lipinski definition) is 1. The molecule has 0 aromatic heterocycles. The van der Waals surface area contributed by atoms with Gasteiger partial charge in [0.1, 0.15) is 12.4 Å². The summed E-state index contributed by atoms with van der Waals surface area (Å²) in [6.07, 6.45) is 6.01. The lowest BCUT2D eigenvalue weighted by atomic mass is 9.95. The Labute approximate surface area is 172 Å². The van der Waals surface area contributed by atoms with E-state index in [0.717, 1.165) is 29.8 Å². The number of anilines is 1. The molecule has 2 fully saturated rings. The van der Waals surface area contributed by atoms with Gasteiger partial charge < -0.3 is 15.0 Å². The van der Waals surface area contributed by atoms with E-state index in [1.54, 1.807) is 4.90 Å². The van der Waals surface area contributed by atoms with Gasteiger partial charge >= 0.3 is 0 Å². The first-order chi connectivity index (χ1) is 14.2. The van der Waals surface area contributed by atoms with Gasteiger partial charge in [0.15, 0.2) is 0 Å². The highest BCUT2D eigenvalue weighted by Crippen LogP contribution is 2.28. The fraction of sp³-hybridized carbons (Fsp3) is 0.417. The molecule has 2 aromatic carbocycles. The van der Waals surface area contributed by atoms with Crippen molar-refractivity contribution in [2.75, 3.05) is 11.4 Å². The van der Waals surface area contributed by atoms with E-state index < -0.39 is 0 Å². The Morgan fingerprint density at radius 1 is 1.00 bits per heavy atom. The topological polar surface area (TPSA) is 58.6 Å². The van der Waals surface area contributed by atoms with Crippen LogP contribution in [0.15, 0.2) is 54.6 Å². The van der Waals surface area contributed by atoms with E-state index in [-0.39, 0.29) is 30.2 Å². The molecule has 1 aliphatic carbocycles. The van der Waals surface area contributed by atoms with Crippen LogP contribution < -0.4 is 15.0 Å². The summed E-state index contributed by atoms with van der Waals surface area (Å²) in [7, 11) is 0. The lowest BCUT2D eigenvalue weighted by Crippen LogP contribution is -2.40. The van der Waals surface area contributed by atoms with Gasteiger partial charge in [-0.2, -0.15) is 0 Å². The fourth-order valence-electron chi connectivity index (χ4n) is 4.16. The number of carbonyl (C=O) groups excluding carboxylic acids is 2. The molecular formula is C24H28N2O3. The average Bonchev–Trinajstić information content (AvgIpc) is 3.16. The third-order valence-corrected chi connectivity index (χ3v) is 5.84. The van der Waals surface area contributed by atoms with Gasteiger partial charge in [0, 0.05) is 24.7 Å². The van der Waals surface area contributed by atoms with Gasteiger partial charge in [-0.25, -0.2) is 0 Å². The molecule has 1 saturated carbocycles. The van der Waals surface area contributed by atoms with Crippen molar-refractivity contribution in [1.82, 2.24) is 5.32 Å². The van der Waals surface area contributed by atoms with Gasteiger partial charge in [-0.05, 0) is 42.7 Å². The molecular weight excluding hydrogens is 364 g/mol. The Balaban J connectivity index is 1.32. The lowest BCUT2D eigenvalue weighted by Gasteiger charge is -2.24. The molecule has 1 N–H and O–H groups in total. The molecule has 29 heavy (non-hydrogen) atoms. The second kappa shape index (κ2) is 9.12. The summed E-state index contributed by atoms with van der Waals surface area (Å²) < 4.78 is 5.81. The van der Waals surface area contributed by atoms with Crippen molar-refractivity contribution in [2.45, 2.75) is 51.2 Å². The van der Waals surface area contributed by atoms with Gasteiger partial charge in [0.25, 0.3) is 0 Å². The highest BCUT2D eigenvalue weighted by Gasteiger charge is 2.35. The van der Waals surface area contributed by atoms with Crippen LogP contribution in [-0.2, 0) is 16.2 Å². The summed E-state index contributed by atoms with van der Waals surface area (Å²) in [6, 6.07) is 17.8. The molecule has 5 heteroatoms. The summed E-state index contributed by atoms with van der Waals surface area (Å²) in [6.45, 7) is 0.952. The number of ether oxygens (including phenoxy) is 1. The van der Waals surface area contributed by atoms with E-state index in [2.05, 4.69) is 5.32 Å². The molecule has 1 atom stereocenters. The van der Waals surface area contributed by atoms with Gasteiger partial charge in [0.05, 0.1) is 5.92 Å². The Morgan fingerprint density at radius 2 is 1.72 bits per heavy atom. The van der Waals surface area contributed by atoms with Crippen molar-refractivity contribution in [1.29, 1.82) is 0 Å². The summed E-state index contributed by atoms with van der Waals surface area (Å²) in [5.41, 5.74) is 1.92. The number of hydrogen-bond acceptors (Lipinski definition) is 3. The Kier molecular flexibility index (Phi) is 6.13. The zero-order valence-corrected chi connectivity index (χ0v) is 16.7. The van der Waals surface area contributed by atoms with Crippen molar-refractivity contribution in [3.05, 3.63) is 60.2 Å². The molecule has 4 rings (SSSR count). The average molecular weight is 392 g/mol. The predicted octanol–water partition coefficient (Wildman–Crippen LogP) is 4.07. The molecule has 0 radical (unpaired) electrons. The quantitative estimate of drug-likeness (QED) is 0.806. The van der Waals surface area contributed by atoms with Gasteiger partial charge in [0.2, 0.25) is 11.8 Å². The number of carbonyl (C=O) groups is 2. The van der Waals surface area contributed by atoms with Gasteiger partial charge in [-0.1, -0.05) is 49.6 Å². The minimum Gasteiger partial charge on any atom is -0.489 e. The Hall–Kier alpha value is -2.82. The Morgan fingerprint density at radius 3 is 2.45 bits per heavy atom. The lowest BCUT2D eigenvalue weighted by molar-refractivity contribution is -0.127. The molecule has 2 aliphatic rings. The molecule has 1 saturated heterocycles. The molecule has 1 heterocycles.